The van der Waals surface area contributed by atoms with E-state index in [9.17, 15) is 0 Å². The normalized spacial score (nSPS) is 28.9. The minimum absolute atomic E-state index is 0.402. The largest absolute Gasteiger partial charge is 0.285 e. The first-order valence-electron chi connectivity index (χ1n) is 12.9. The van der Waals surface area contributed by atoms with Gasteiger partial charge in [-0.3, -0.25) is 9.80 Å². The van der Waals surface area contributed by atoms with Crippen LogP contribution >= 0.6 is 0 Å². The molecule has 0 aromatic rings. The molecule has 2 heteroatoms. The fraction of sp³-hybridized carbons (Fsp3) is 1.00. The van der Waals surface area contributed by atoms with Gasteiger partial charge < -0.3 is 0 Å². The van der Waals surface area contributed by atoms with Crippen molar-refractivity contribution >= 4 is 0 Å². The van der Waals surface area contributed by atoms with Gasteiger partial charge in [0.1, 0.15) is 0 Å². The Hall–Kier alpha value is -0.0800. The van der Waals surface area contributed by atoms with Crippen molar-refractivity contribution in [2.45, 2.75) is 134 Å². The summed E-state index contributed by atoms with van der Waals surface area (Å²) in [6.07, 6.45) is 29.3. The van der Waals surface area contributed by atoms with Crippen LogP contribution in [0.25, 0.3) is 0 Å². The molecule has 1 aliphatic carbocycles. The van der Waals surface area contributed by atoms with Crippen molar-refractivity contribution in [3.05, 3.63) is 0 Å². The molecule has 1 saturated carbocycles. The Morgan fingerprint density at radius 2 is 0.556 bits per heavy atom. The van der Waals surface area contributed by atoms with E-state index in [1.165, 1.54) is 155 Å². The lowest BCUT2D eigenvalue weighted by Crippen LogP contribution is -2.61. The fourth-order valence-electron chi connectivity index (χ4n) is 6.16. The first-order valence-corrected chi connectivity index (χ1v) is 12.9. The van der Waals surface area contributed by atoms with Gasteiger partial charge in [-0.15, -0.1) is 0 Å². The Labute approximate surface area is 170 Å². The monoisotopic (exact) mass is 376 g/mol. The zero-order chi connectivity index (χ0) is 18.6. The minimum Gasteiger partial charge on any atom is -0.285 e. The lowest BCUT2D eigenvalue weighted by atomic mass is 9.91. The molecule has 0 N–H and O–H groups in total. The van der Waals surface area contributed by atoms with Gasteiger partial charge in [-0.1, -0.05) is 89.9 Å². The van der Waals surface area contributed by atoms with E-state index in [2.05, 4.69) is 9.80 Å². The summed E-state index contributed by atoms with van der Waals surface area (Å²) >= 11 is 0. The molecule has 3 fully saturated rings. The van der Waals surface area contributed by atoms with Crippen molar-refractivity contribution in [1.29, 1.82) is 0 Å². The van der Waals surface area contributed by atoms with Gasteiger partial charge >= 0.3 is 0 Å². The van der Waals surface area contributed by atoms with Gasteiger partial charge in [0, 0.05) is 0 Å². The van der Waals surface area contributed by atoms with Gasteiger partial charge in [-0.2, -0.15) is 0 Å². The number of rotatable bonds is 2. The first-order chi connectivity index (χ1) is 13.4. The van der Waals surface area contributed by atoms with Gasteiger partial charge in [0.2, 0.25) is 0 Å². The number of nitrogens with zero attached hydrogens (tertiary/aromatic N) is 2. The molecule has 2 aliphatic heterocycles. The molecular weight excluding hydrogens is 328 g/mol. The van der Waals surface area contributed by atoms with Gasteiger partial charge in [0.05, 0.1) is 5.66 Å². The van der Waals surface area contributed by atoms with Crippen molar-refractivity contribution in [1.82, 2.24) is 9.80 Å². The molecule has 0 aromatic carbocycles. The molecule has 27 heavy (non-hydrogen) atoms. The Morgan fingerprint density at radius 1 is 0.296 bits per heavy atom. The van der Waals surface area contributed by atoms with Crippen LogP contribution < -0.4 is 0 Å². The quantitative estimate of drug-likeness (QED) is 0.506. The molecule has 0 amide bonds. The van der Waals surface area contributed by atoms with Crippen molar-refractivity contribution in [2.75, 3.05) is 26.2 Å². The molecule has 2 saturated heterocycles. The summed E-state index contributed by atoms with van der Waals surface area (Å²) in [6, 6.07) is 0. The van der Waals surface area contributed by atoms with Crippen LogP contribution in [0, 0.1) is 0 Å². The van der Waals surface area contributed by atoms with E-state index in [1.54, 1.807) is 0 Å². The average molecular weight is 377 g/mol. The van der Waals surface area contributed by atoms with Crippen LogP contribution in [0.1, 0.15) is 128 Å². The van der Waals surface area contributed by atoms with E-state index in [4.69, 9.17) is 0 Å². The van der Waals surface area contributed by atoms with Gasteiger partial charge in [-0.25, -0.2) is 0 Å². The molecule has 2 nitrogen and oxygen atoms in total. The average Bonchev–Trinajstić information content (AvgIpc) is 2.97. The van der Waals surface area contributed by atoms with Crippen LogP contribution in [0.4, 0.5) is 0 Å². The lowest BCUT2D eigenvalue weighted by molar-refractivity contribution is -0.0774. The van der Waals surface area contributed by atoms with Crippen LogP contribution in [-0.2, 0) is 0 Å². The van der Waals surface area contributed by atoms with E-state index in [1.807, 2.05) is 0 Å². The molecule has 0 aromatic heterocycles. The Bertz CT molecular complexity index is 325. The van der Waals surface area contributed by atoms with Gasteiger partial charge in [0.15, 0.2) is 0 Å². The predicted molar refractivity (Wildman–Crippen MR) is 118 cm³/mol. The van der Waals surface area contributed by atoms with Crippen LogP contribution in [0.15, 0.2) is 0 Å². The Balaban J connectivity index is 1.82. The molecule has 0 unspecified atom stereocenters. The second-order valence-electron chi connectivity index (χ2n) is 9.82. The van der Waals surface area contributed by atoms with E-state index in [0.717, 1.165) is 0 Å². The molecule has 0 bridgehead atoms. The van der Waals surface area contributed by atoms with Crippen LogP contribution in [-0.4, -0.2) is 41.6 Å². The van der Waals surface area contributed by atoms with Gasteiger partial charge in [0.25, 0.3) is 0 Å². The summed E-state index contributed by atoms with van der Waals surface area (Å²) in [4.78, 5) is 6.09. The highest BCUT2D eigenvalue weighted by Gasteiger charge is 2.40. The second kappa shape index (κ2) is 12.5. The summed E-state index contributed by atoms with van der Waals surface area (Å²) < 4.78 is 0. The highest BCUT2D eigenvalue weighted by molar-refractivity contribution is 4.92. The Kier molecular flexibility index (Phi) is 9.99. The van der Waals surface area contributed by atoms with E-state index < -0.39 is 0 Å². The molecule has 0 spiro atoms. The maximum Gasteiger partial charge on any atom is 0.0737 e. The van der Waals surface area contributed by atoms with Crippen molar-refractivity contribution in [2.24, 2.45) is 0 Å². The molecular formula is C25H48N2. The van der Waals surface area contributed by atoms with E-state index >= 15 is 0 Å². The summed E-state index contributed by atoms with van der Waals surface area (Å²) in [5, 5.41) is 0. The summed E-state index contributed by atoms with van der Waals surface area (Å²) in [7, 11) is 0. The topological polar surface area (TPSA) is 6.48 Å². The zero-order valence-electron chi connectivity index (χ0n) is 18.4. The standard InChI is InChI=1S/C25H48N2/c1-2-8-14-20-25(19-13-7-1,26-21-15-9-3-4-10-16-22-26)27-23-17-11-5-6-12-18-24-27/h1-24H2. The highest BCUT2D eigenvalue weighted by atomic mass is 15.4. The number of hydrogen-bond donors (Lipinski definition) is 0. The predicted octanol–water partition coefficient (Wildman–Crippen LogP) is 7.13. The Morgan fingerprint density at radius 3 is 0.889 bits per heavy atom. The maximum atomic E-state index is 3.04. The summed E-state index contributed by atoms with van der Waals surface area (Å²) in [5.74, 6) is 0. The van der Waals surface area contributed by atoms with Crippen molar-refractivity contribution in [3.63, 3.8) is 0 Å². The first kappa shape index (κ1) is 21.6. The van der Waals surface area contributed by atoms with Crippen molar-refractivity contribution in [3.8, 4) is 0 Å². The molecule has 0 radical (unpaired) electrons. The van der Waals surface area contributed by atoms with Gasteiger partial charge in [-0.05, 0) is 64.7 Å². The van der Waals surface area contributed by atoms with Crippen LogP contribution in [0.5, 0.6) is 0 Å². The smallest absolute Gasteiger partial charge is 0.0737 e. The molecule has 2 heterocycles. The summed E-state index contributed by atoms with van der Waals surface area (Å²) in [5.41, 5.74) is 0.402. The van der Waals surface area contributed by atoms with Crippen LogP contribution in [0.3, 0.4) is 0 Å². The summed E-state index contributed by atoms with van der Waals surface area (Å²) in [6.45, 7) is 5.49. The fourth-order valence-corrected chi connectivity index (χ4v) is 6.16. The minimum atomic E-state index is 0.402. The van der Waals surface area contributed by atoms with E-state index in [0.29, 0.717) is 5.66 Å². The molecule has 3 aliphatic rings. The molecule has 3 rings (SSSR count). The molecule has 0 atom stereocenters. The molecule has 158 valence electrons. The third-order valence-corrected chi connectivity index (χ3v) is 7.79. The van der Waals surface area contributed by atoms with Crippen molar-refractivity contribution < 1.29 is 0 Å². The SMILES string of the molecule is C1CCCCN(C2(N3CCCCCCCC3)CCCCCCCC2)CCC1. The number of hydrogen-bond acceptors (Lipinski definition) is 2. The zero-order valence-corrected chi connectivity index (χ0v) is 18.4. The van der Waals surface area contributed by atoms with E-state index in [-0.39, 0.29) is 0 Å². The second-order valence-corrected chi connectivity index (χ2v) is 9.82. The third-order valence-electron chi connectivity index (χ3n) is 7.79. The van der Waals surface area contributed by atoms with Crippen LogP contribution in [0.2, 0.25) is 0 Å². The third kappa shape index (κ3) is 6.74. The lowest BCUT2D eigenvalue weighted by Gasteiger charge is -2.52. The maximum absolute atomic E-state index is 3.04. The highest BCUT2D eigenvalue weighted by Crippen LogP contribution is 2.37.